The molecular formula is C27H29NO3. The first kappa shape index (κ1) is 20.0. The molecule has 1 heterocycles. The number of aryl methyl sites for hydroxylation is 2. The highest BCUT2D eigenvalue weighted by molar-refractivity contribution is 5.83. The Balaban J connectivity index is 1.25. The number of rotatable bonds is 7. The summed E-state index contributed by atoms with van der Waals surface area (Å²) < 4.78 is 11.1. The number of esters is 1. The third-order valence-corrected chi connectivity index (χ3v) is 6.82. The van der Waals surface area contributed by atoms with Gasteiger partial charge in [-0.15, -0.1) is 0 Å². The SMILES string of the molecule is COC(=O)[C@H]1C[C@H]1CCc1ccc(OCc2c3c(nc4ccccc24)CCCC3)cc1. The smallest absolute Gasteiger partial charge is 0.308 e. The molecule has 1 saturated carbocycles. The van der Waals surface area contributed by atoms with E-state index in [1.807, 2.05) is 0 Å². The second kappa shape index (κ2) is 8.70. The van der Waals surface area contributed by atoms with E-state index in [9.17, 15) is 4.79 Å². The Hall–Kier alpha value is -2.88. The summed E-state index contributed by atoms with van der Waals surface area (Å²) in [5.41, 5.74) is 6.30. The van der Waals surface area contributed by atoms with Gasteiger partial charge in [-0.1, -0.05) is 30.3 Å². The molecule has 160 valence electrons. The summed E-state index contributed by atoms with van der Waals surface area (Å²) in [6, 6.07) is 16.8. The van der Waals surface area contributed by atoms with Gasteiger partial charge in [-0.3, -0.25) is 9.78 Å². The number of pyridine rings is 1. The standard InChI is InChI=1S/C27H29NO3/c1-30-27(29)23-16-19(23)13-10-18-11-14-20(15-12-18)31-17-24-21-6-2-4-8-25(21)28-26-9-5-3-7-22(24)26/h2,4,6,8,11-12,14-15,19,23H,3,5,7,9-10,13,16-17H2,1H3/t19-,23+/m1/s1. The molecule has 2 aliphatic rings. The number of carbonyl (C=O) groups is 1. The highest BCUT2D eigenvalue weighted by Crippen LogP contribution is 2.42. The van der Waals surface area contributed by atoms with Gasteiger partial charge in [-0.2, -0.15) is 0 Å². The number of aromatic nitrogens is 1. The minimum atomic E-state index is -0.0560. The summed E-state index contributed by atoms with van der Waals surface area (Å²) in [7, 11) is 1.47. The number of para-hydroxylation sites is 1. The fraction of sp³-hybridized carbons (Fsp3) is 0.407. The Bertz CT molecular complexity index is 1090. The van der Waals surface area contributed by atoms with Gasteiger partial charge in [0.2, 0.25) is 0 Å². The van der Waals surface area contributed by atoms with E-state index < -0.39 is 0 Å². The van der Waals surface area contributed by atoms with E-state index in [0.29, 0.717) is 12.5 Å². The van der Waals surface area contributed by atoms with Crippen LogP contribution in [0.25, 0.3) is 10.9 Å². The highest BCUT2D eigenvalue weighted by atomic mass is 16.5. The van der Waals surface area contributed by atoms with Gasteiger partial charge < -0.3 is 9.47 Å². The molecule has 5 rings (SSSR count). The highest BCUT2D eigenvalue weighted by Gasteiger charge is 2.43. The molecule has 0 unspecified atom stereocenters. The van der Waals surface area contributed by atoms with Crippen molar-refractivity contribution >= 4 is 16.9 Å². The van der Waals surface area contributed by atoms with E-state index >= 15 is 0 Å². The lowest BCUT2D eigenvalue weighted by Gasteiger charge is -2.21. The molecule has 0 amide bonds. The van der Waals surface area contributed by atoms with Crippen molar-refractivity contribution in [2.45, 2.75) is 51.6 Å². The predicted octanol–water partition coefficient (Wildman–Crippen LogP) is 5.43. The topological polar surface area (TPSA) is 48.4 Å². The summed E-state index contributed by atoms with van der Waals surface area (Å²) in [4.78, 5) is 16.5. The first-order valence-corrected chi connectivity index (χ1v) is 11.4. The Labute approximate surface area is 183 Å². The van der Waals surface area contributed by atoms with Crippen molar-refractivity contribution in [3.63, 3.8) is 0 Å². The number of ether oxygens (including phenoxy) is 2. The van der Waals surface area contributed by atoms with Gasteiger partial charge in [0.25, 0.3) is 0 Å². The number of fused-ring (bicyclic) bond motifs is 2. The van der Waals surface area contributed by atoms with Crippen LogP contribution < -0.4 is 4.74 Å². The van der Waals surface area contributed by atoms with Crippen molar-refractivity contribution < 1.29 is 14.3 Å². The number of methoxy groups -OCH3 is 1. The molecule has 0 radical (unpaired) electrons. The zero-order chi connectivity index (χ0) is 21.2. The van der Waals surface area contributed by atoms with Gasteiger partial charge in [-0.25, -0.2) is 0 Å². The molecule has 31 heavy (non-hydrogen) atoms. The van der Waals surface area contributed by atoms with Crippen molar-refractivity contribution in [3.8, 4) is 5.75 Å². The quantitative estimate of drug-likeness (QED) is 0.483. The minimum absolute atomic E-state index is 0.0560. The second-order valence-electron chi connectivity index (χ2n) is 8.84. The molecule has 4 heteroatoms. The van der Waals surface area contributed by atoms with E-state index in [-0.39, 0.29) is 11.9 Å². The Morgan fingerprint density at radius 2 is 1.87 bits per heavy atom. The van der Waals surface area contributed by atoms with Gasteiger partial charge in [0.05, 0.1) is 18.5 Å². The largest absolute Gasteiger partial charge is 0.489 e. The summed E-state index contributed by atoms with van der Waals surface area (Å²) >= 11 is 0. The van der Waals surface area contributed by atoms with Crippen LogP contribution in [0.3, 0.4) is 0 Å². The molecule has 0 bridgehead atoms. The van der Waals surface area contributed by atoms with Crippen LogP contribution in [0, 0.1) is 11.8 Å². The van der Waals surface area contributed by atoms with Crippen molar-refractivity contribution in [2.75, 3.05) is 7.11 Å². The maximum absolute atomic E-state index is 11.6. The molecule has 0 N–H and O–H groups in total. The van der Waals surface area contributed by atoms with E-state index in [1.165, 1.54) is 47.7 Å². The summed E-state index contributed by atoms with van der Waals surface area (Å²) in [5.74, 6) is 1.44. The number of hydrogen-bond donors (Lipinski definition) is 0. The van der Waals surface area contributed by atoms with Crippen LogP contribution in [-0.2, 0) is 35.4 Å². The van der Waals surface area contributed by atoms with Crippen molar-refractivity contribution in [1.29, 1.82) is 0 Å². The molecule has 0 spiro atoms. The lowest BCUT2D eigenvalue weighted by Crippen LogP contribution is -2.11. The molecule has 1 fully saturated rings. The maximum atomic E-state index is 11.6. The first-order chi connectivity index (χ1) is 15.2. The second-order valence-corrected chi connectivity index (χ2v) is 8.84. The van der Waals surface area contributed by atoms with Gasteiger partial charge >= 0.3 is 5.97 Å². The summed E-state index contributed by atoms with van der Waals surface area (Å²) in [6.07, 6.45) is 7.61. The normalized spacial score (nSPS) is 19.6. The van der Waals surface area contributed by atoms with Gasteiger partial charge in [0.15, 0.2) is 0 Å². The molecule has 1 aromatic heterocycles. The van der Waals surface area contributed by atoms with Crippen LogP contribution >= 0.6 is 0 Å². The Kier molecular flexibility index (Phi) is 5.63. The molecule has 3 aromatic rings. The van der Waals surface area contributed by atoms with Gasteiger partial charge in [-0.05, 0) is 80.2 Å². The van der Waals surface area contributed by atoms with Crippen LogP contribution in [-0.4, -0.2) is 18.1 Å². The van der Waals surface area contributed by atoms with E-state index in [0.717, 1.165) is 43.4 Å². The average Bonchev–Trinajstić information content (AvgIpc) is 3.60. The van der Waals surface area contributed by atoms with E-state index in [2.05, 4.69) is 48.5 Å². The number of nitrogens with zero attached hydrogens (tertiary/aromatic N) is 1. The van der Waals surface area contributed by atoms with Crippen LogP contribution in [0.4, 0.5) is 0 Å². The van der Waals surface area contributed by atoms with Crippen molar-refractivity contribution in [1.82, 2.24) is 4.98 Å². The molecule has 2 atom stereocenters. The zero-order valence-electron chi connectivity index (χ0n) is 18.1. The predicted molar refractivity (Wildman–Crippen MR) is 121 cm³/mol. The third kappa shape index (κ3) is 4.30. The fourth-order valence-electron chi connectivity index (χ4n) is 4.90. The molecule has 0 saturated heterocycles. The van der Waals surface area contributed by atoms with Crippen LogP contribution in [0.2, 0.25) is 0 Å². The number of carbonyl (C=O) groups excluding carboxylic acids is 1. The first-order valence-electron chi connectivity index (χ1n) is 11.4. The third-order valence-electron chi connectivity index (χ3n) is 6.82. The van der Waals surface area contributed by atoms with Crippen LogP contribution in [0.5, 0.6) is 5.75 Å². The average molecular weight is 416 g/mol. The Morgan fingerprint density at radius 3 is 2.71 bits per heavy atom. The fourth-order valence-corrected chi connectivity index (χ4v) is 4.90. The lowest BCUT2D eigenvalue weighted by atomic mass is 9.90. The minimum Gasteiger partial charge on any atom is -0.489 e. The monoisotopic (exact) mass is 415 g/mol. The number of hydrogen-bond acceptors (Lipinski definition) is 4. The molecule has 0 aliphatic heterocycles. The summed E-state index contributed by atoms with van der Waals surface area (Å²) in [6.45, 7) is 0.577. The van der Waals surface area contributed by atoms with E-state index in [1.54, 1.807) is 0 Å². The molecular weight excluding hydrogens is 386 g/mol. The van der Waals surface area contributed by atoms with Crippen molar-refractivity contribution in [3.05, 3.63) is 70.9 Å². The van der Waals surface area contributed by atoms with Gasteiger partial charge in [0.1, 0.15) is 12.4 Å². The Morgan fingerprint density at radius 1 is 1.06 bits per heavy atom. The lowest BCUT2D eigenvalue weighted by molar-refractivity contribution is -0.142. The zero-order valence-corrected chi connectivity index (χ0v) is 18.1. The van der Waals surface area contributed by atoms with Crippen molar-refractivity contribution in [2.24, 2.45) is 11.8 Å². The van der Waals surface area contributed by atoms with E-state index in [4.69, 9.17) is 14.5 Å². The molecule has 4 nitrogen and oxygen atoms in total. The van der Waals surface area contributed by atoms with Crippen LogP contribution in [0.1, 0.15) is 48.1 Å². The molecule has 2 aliphatic carbocycles. The maximum Gasteiger partial charge on any atom is 0.308 e. The number of benzene rings is 2. The summed E-state index contributed by atoms with van der Waals surface area (Å²) in [5, 5.41) is 1.21. The van der Waals surface area contributed by atoms with Gasteiger partial charge in [0, 0.05) is 16.6 Å². The molecule has 2 aromatic carbocycles. The van der Waals surface area contributed by atoms with Crippen LogP contribution in [0.15, 0.2) is 48.5 Å².